The van der Waals surface area contributed by atoms with Crippen LogP contribution in [0.15, 0.2) is 0 Å². The molecule has 6 nitrogen and oxygen atoms in total. The van der Waals surface area contributed by atoms with Gasteiger partial charge in [0.05, 0.1) is 50.8 Å². The highest BCUT2D eigenvalue weighted by atomic mass is 16.6. The molecule has 0 aromatic heterocycles. The molecular weight excluding hydrogens is 380 g/mol. The van der Waals surface area contributed by atoms with Gasteiger partial charge in [0.15, 0.2) is 0 Å². The summed E-state index contributed by atoms with van der Waals surface area (Å²) in [5.41, 5.74) is 0. The van der Waals surface area contributed by atoms with E-state index in [1.165, 1.54) is 38.8 Å². The van der Waals surface area contributed by atoms with Crippen molar-refractivity contribution in [3.63, 3.8) is 0 Å². The average molecular weight is 423 g/mol. The van der Waals surface area contributed by atoms with Gasteiger partial charge in [-0.3, -0.25) is 9.80 Å². The van der Waals surface area contributed by atoms with Crippen molar-refractivity contribution in [2.75, 3.05) is 65.7 Å². The van der Waals surface area contributed by atoms with Gasteiger partial charge in [0.2, 0.25) is 0 Å². The predicted octanol–water partition coefficient (Wildman–Crippen LogP) is 2.26. The molecule has 1 aliphatic carbocycles. The Labute approximate surface area is 182 Å². The molecule has 8 atom stereocenters. The first-order valence-electron chi connectivity index (χ1n) is 12.6. The second kappa shape index (κ2) is 9.72. The van der Waals surface area contributed by atoms with Crippen LogP contribution in [0, 0.1) is 23.7 Å². The monoisotopic (exact) mass is 422 g/mol. The summed E-state index contributed by atoms with van der Waals surface area (Å²) in [7, 11) is 0. The van der Waals surface area contributed by atoms with Crippen LogP contribution in [0.5, 0.6) is 0 Å². The third kappa shape index (κ3) is 6.39. The molecule has 0 spiro atoms. The second-order valence-corrected chi connectivity index (χ2v) is 10.6. The molecule has 0 bridgehead atoms. The lowest BCUT2D eigenvalue weighted by Crippen LogP contribution is -2.45. The number of nitrogens with zero attached hydrogens (tertiary/aromatic N) is 2. The summed E-state index contributed by atoms with van der Waals surface area (Å²) in [5.74, 6) is 3.33. The largest absolute Gasteiger partial charge is 0.372 e. The van der Waals surface area contributed by atoms with Crippen LogP contribution < -0.4 is 0 Å². The third-order valence-electron chi connectivity index (χ3n) is 8.04. The quantitative estimate of drug-likeness (QED) is 0.400. The Kier molecular flexibility index (Phi) is 6.99. The smallest absolute Gasteiger partial charge is 0.0936 e. The lowest BCUT2D eigenvalue weighted by atomic mass is 9.66. The first kappa shape index (κ1) is 21.6. The summed E-state index contributed by atoms with van der Waals surface area (Å²) >= 11 is 0. The summed E-state index contributed by atoms with van der Waals surface area (Å²) < 4.78 is 22.3. The van der Waals surface area contributed by atoms with Crippen molar-refractivity contribution < 1.29 is 18.9 Å². The lowest BCUT2D eigenvalue weighted by molar-refractivity contribution is 0.0473. The molecule has 0 aromatic carbocycles. The molecule has 0 aromatic rings. The van der Waals surface area contributed by atoms with Gasteiger partial charge in [-0.1, -0.05) is 26.7 Å². The molecule has 0 radical (unpaired) electrons. The molecular formula is C24H42N2O4. The molecule has 4 heterocycles. The Balaban J connectivity index is 1.21. The van der Waals surface area contributed by atoms with E-state index < -0.39 is 0 Å². The molecule has 4 saturated heterocycles. The fraction of sp³-hybridized carbons (Fsp3) is 1.00. The van der Waals surface area contributed by atoms with Crippen LogP contribution in [0.1, 0.15) is 39.5 Å². The molecule has 0 N–H and O–H groups in total. The number of hydrogen-bond donors (Lipinski definition) is 0. The minimum absolute atomic E-state index is 0.471. The SMILES string of the molecule is CCC1CC(CC)C(CN(CC2CO2)CC2CO2)CC1CN(CC1CO1)CC1CO1. The minimum Gasteiger partial charge on any atom is -0.372 e. The zero-order valence-electron chi connectivity index (χ0n) is 19.0. The standard InChI is InChI=1S/C24H42N2O4/c1-3-17-5-18(4-2)20(8-26(11-23-15-29-23)12-24-16-30-24)6-19(17)7-25(9-21-13-27-21)10-22-14-28-22/h17-24H,3-16H2,1-2H3. The topological polar surface area (TPSA) is 56.6 Å². The third-order valence-corrected chi connectivity index (χ3v) is 8.04. The Hall–Kier alpha value is -0.240. The van der Waals surface area contributed by atoms with Crippen molar-refractivity contribution in [2.45, 2.75) is 63.9 Å². The zero-order chi connectivity index (χ0) is 20.5. The molecule has 8 unspecified atom stereocenters. The van der Waals surface area contributed by atoms with E-state index in [9.17, 15) is 0 Å². The van der Waals surface area contributed by atoms with Crippen molar-refractivity contribution in [2.24, 2.45) is 23.7 Å². The molecule has 172 valence electrons. The Bertz CT molecular complexity index is 473. The molecule has 5 fully saturated rings. The first-order chi connectivity index (χ1) is 14.7. The molecule has 1 saturated carbocycles. The van der Waals surface area contributed by atoms with Gasteiger partial charge in [0, 0.05) is 39.3 Å². The molecule has 5 rings (SSSR count). The van der Waals surface area contributed by atoms with Gasteiger partial charge in [-0.2, -0.15) is 0 Å². The van der Waals surface area contributed by atoms with Crippen molar-refractivity contribution in [1.29, 1.82) is 0 Å². The normalized spacial score (nSPS) is 42.0. The van der Waals surface area contributed by atoms with Crippen molar-refractivity contribution >= 4 is 0 Å². The Morgan fingerprint density at radius 1 is 0.500 bits per heavy atom. The van der Waals surface area contributed by atoms with Crippen molar-refractivity contribution in [3.8, 4) is 0 Å². The Morgan fingerprint density at radius 3 is 1.07 bits per heavy atom. The van der Waals surface area contributed by atoms with E-state index in [1.54, 1.807) is 0 Å². The van der Waals surface area contributed by atoms with Crippen LogP contribution in [-0.2, 0) is 18.9 Å². The van der Waals surface area contributed by atoms with Crippen LogP contribution >= 0.6 is 0 Å². The van der Waals surface area contributed by atoms with E-state index in [0.717, 1.165) is 76.3 Å². The zero-order valence-corrected chi connectivity index (χ0v) is 19.0. The molecule has 0 amide bonds. The van der Waals surface area contributed by atoms with Crippen LogP contribution in [-0.4, -0.2) is 99.9 Å². The van der Waals surface area contributed by atoms with Gasteiger partial charge in [0.1, 0.15) is 0 Å². The van der Waals surface area contributed by atoms with Gasteiger partial charge in [-0.05, 0) is 36.5 Å². The fourth-order valence-corrected chi connectivity index (χ4v) is 5.95. The first-order valence-corrected chi connectivity index (χ1v) is 12.6. The molecule has 30 heavy (non-hydrogen) atoms. The molecule has 5 aliphatic rings. The van der Waals surface area contributed by atoms with Gasteiger partial charge >= 0.3 is 0 Å². The van der Waals surface area contributed by atoms with Gasteiger partial charge in [0.25, 0.3) is 0 Å². The Morgan fingerprint density at radius 2 is 0.800 bits per heavy atom. The molecule has 6 heteroatoms. The number of hydrogen-bond acceptors (Lipinski definition) is 6. The highest BCUT2D eigenvalue weighted by Crippen LogP contribution is 2.42. The number of ether oxygens (including phenoxy) is 4. The van der Waals surface area contributed by atoms with Crippen LogP contribution in [0.4, 0.5) is 0 Å². The summed E-state index contributed by atoms with van der Waals surface area (Å²) in [5, 5.41) is 0. The number of epoxide rings is 4. The highest BCUT2D eigenvalue weighted by Gasteiger charge is 2.40. The maximum absolute atomic E-state index is 5.56. The van der Waals surface area contributed by atoms with E-state index >= 15 is 0 Å². The van der Waals surface area contributed by atoms with Crippen molar-refractivity contribution in [1.82, 2.24) is 9.80 Å². The second-order valence-electron chi connectivity index (χ2n) is 10.6. The molecule has 4 aliphatic heterocycles. The maximum Gasteiger partial charge on any atom is 0.0936 e. The maximum atomic E-state index is 5.56. The average Bonchev–Trinajstić information content (AvgIpc) is 3.53. The van der Waals surface area contributed by atoms with Gasteiger partial charge in [-0.25, -0.2) is 0 Å². The van der Waals surface area contributed by atoms with Crippen LogP contribution in [0.25, 0.3) is 0 Å². The van der Waals surface area contributed by atoms with E-state index in [4.69, 9.17) is 18.9 Å². The van der Waals surface area contributed by atoms with Crippen LogP contribution in [0.2, 0.25) is 0 Å². The lowest BCUT2D eigenvalue weighted by Gasteiger charge is -2.44. The van der Waals surface area contributed by atoms with E-state index in [-0.39, 0.29) is 0 Å². The predicted molar refractivity (Wildman–Crippen MR) is 116 cm³/mol. The van der Waals surface area contributed by atoms with Crippen molar-refractivity contribution in [3.05, 3.63) is 0 Å². The summed E-state index contributed by atoms with van der Waals surface area (Å²) in [4.78, 5) is 5.33. The van der Waals surface area contributed by atoms with Gasteiger partial charge in [-0.15, -0.1) is 0 Å². The summed E-state index contributed by atoms with van der Waals surface area (Å²) in [6.07, 6.45) is 7.30. The van der Waals surface area contributed by atoms with Crippen LogP contribution in [0.3, 0.4) is 0 Å². The van der Waals surface area contributed by atoms with Gasteiger partial charge < -0.3 is 18.9 Å². The van der Waals surface area contributed by atoms with E-state index in [1.807, 2.05) is 0 Å². The summed E-state index contributed by atoms with van der Waals surface area (Å²) in [6.45, 7) is 15.4. The van der Waals surface area contributed by atoms with E-state index in [0.29, 0.717) is 24.4 Å². The minimum atomic E-state index is 0.471. The summed E-state index contributed by atoms with van der Waals surface area (Å²) in [6, 6.07) is 0. The highest BCUT2D eigenvalue weighted by molar-refractivity contribution is 4.91. The fourth-order valence-electron chi connectivity index (χ4n) is 5.95. The number of rotatable bonds is 14. The van der Waals surface area contributed by atoms with E-state index in [2.05, 4.69) is 23.6 Å².